The normalized spacial score (nSPS) is 12.0. The van der Waals surface area contributed by atoms with E-state index in [1.807, 2.05) is 14.1 Å². The molecule has 0 spiro atoms. The van der Waals surface area contributed by atoms with Gasteiger partial charge in [0.15, 0.2) is 0 Å². The molecule has 0 N–H and O–H groups in total. The van der Waals surface area contributed by atoms with Gasteiger partial charge in [-0.3, -0.25) is 0 Å². The highest BCUT2D eigenvalue weighted by Crippen LogP contribution is 2.02. The molecule has 1 nitrogen and oxygen atoms in total. The van der Waals surface area contributed by atoms with Crippen molar-refractivity contribution in [3.63, 3.8) is 0 Å². The first-order valence-electron chi connectivity index (χ1n) is 1.29. The number of nitrogens with zero attached hydrogens (tertiary/aromatic N) is 1. The molecule has 0 aromatic heterocycles. The Morgan fingerprint density at radius 1 is 1.40 bits per heavy atom. The Bertz CT molecular complexity index is 27.0. The van der Waals surface area contributed by atoms with Crippen molar-refractivity contribution in [1.82, 2.24) is 0 Å². The van der Waals surface area contributed by atoms with Crippen LogP contribution in [0.5, 0.6) is 0 Å². The summed E-state index contributed by atoms with van der Waals surface area (Å²) in [6.07, 6.45) is 0. The van der Waals surface area contributed by atoms with Gasteiger partial charge in [-0.15, -0.1) is 0 Å². The number of hydrogen-bond acceptors (Lipinski definition) is 2. The molecule has 0 amide bonds. The Morgan fingerprint density at radius 3 is 1.40 bits per heavy atom. The van der Waals surface area contributed by atoms with E-state index in [-0.39, 0.29) is 1.43 Å². The van der Waals surface area contributed by atoms with Gasteiger partial charge in [-0.2, -0.15) is 0 Å². The Balaban J connectivity index is 0. The second-order valence-electron chi connectivity index (χ2n) is 1.34. The Labute approximate surface area is 45.1 Å². The highest BCUT2D eigenvalue weighted by Gasteiger charge is 1.94. The Hall–Kier alpha value is 0.660. The first-order chi connectivity index (χ1) is 2.00. The Kier molecular flexibility index (Phi) is 1.59. The van der Waals surface area contributed by atoms with Crippen LogP contribution < -0.4 is 0 Å². The third kappa shape index (κ3) is 75.7. The minimum atomic E-state index is 0. The topological polar surface area (TPSA) is 0 Å². The molecule has 0 heterocycles. The van der Waals surface area contributed by atoms with Crippen molar-refractivity contribution in [3.05, 3.63) is 0 Å². The lowest BCUT2D eigenvalue weighted by Gasteiger charge is -2.07. The van der Waals surface area contributed by atoms with E-state index in [1.165, 1.54) is 0 Å². The molecule has 0 aromatic rings. The van der Waals surface area contributed by atoms with E-state index in [9.17, 15) is 0 Å². The van der Waals surface area contributed by atoms with Crippen LogP contribution >= 0.6 is 25.6 Å². The monoisotopic (exact) mass is 112 g/mol. The van der Waals surface area contributed by atoms with Gasteiger partial charge >= 0.3 is 0 Å². The average molecular weight is 112 g/mol. The van der Waals surface area contributed by atoms with Crippen molar-refractivity contribution >= 4 is 25.6 Å². The van der Waals surface area contributed by atoms with E-state index in [1.54, 1.807) is 0 Å². The summed E-state index contributed by atoms with van der Waals surface area (Å²) in [6.45, 7) is 0. The number of hydrogen-bond donors (Lipinski definition) is 2. The molecule has 0 aliphatic carbocycles. The molecular formula is C2H10NS2+. The van der Waals surface area contributed by atoms with Crippen LogP contribution in [0.2, 0.25) is 0 Å². The highest BCUT2D eigenvalue weighted by molar-refractivity contribution is 7.87. The molecule has 0 saturated carbocycles. The summed E-state index contributed by atoms with van der Waals surface area (Å²) in [4.78, 5) is 0. The van der Waals surface area contributed by atoms with Gasteiger partial charge in [-0.1, -0.05) is 0 Å². The first kappa shape index (κ1) is 5.66. The molecule has 0 unspecified atom stereocenters. The first-order valence-corrected chi connectivity index (χ1v) is 2.09. The molecule has 0 rings (SSSR count). The summed E-state index contributed by atoms with van der Waals surface area (Å²) in [6, 6.07) is 0. The third-order valence-electron chi connectivity index (χ3n) is 0. The summed E-state index contributed by atoms with van der Waals surface area (Å²) >= 11 is 7.85. The SMILES string of the molecule is C[N+](C)(S)S.[HH]. The van der Waals surface area contributed by atoms with Gasteiger partial charge in [0, 0.05) is 1.43 Å². The van der Waals surface area contributed by atoms with Crippen molar-refractivity contribution in [2.45, 2.75) is 0 Å². The van der Waals surface area contributed by atoms with Gasteiger partial charge in [-0.05, 0) is 0 Å². The third-order valence-corrected chi connectivity index (χ3v) is 0. The molecule has 0 aliphatic rings. The largest absolute Gasteiger partial charge is 0.211 e. The van der Waals surface area contributed by atoms with Crippen LogP contribution in [0.1, 0.15) is 1.43 Å². The fourth-order valence-corrected chi connectivity index (χ4v) is 0. The lowest BCUT2D eigenvalue weighted by molar-refractivity contribution is -0.583. The Morgan fingerprint density at radius 2 is 1.40 bits per heavy atom. The van der Waals surface area contributed by atoms with Crippen molar-refractivity contribution in [2.24, 2.45) is 0 Å². The predicted octanol–water partition coefficient (Wildman–Crippen LogP) is 0.998. The second-order valence-corrected chi connectivity index (χ2v) is 3.65. The lowest BCUT2D eigenvalue weighted by Crippen LogP contribution is -2.11. The van der Waals surface area contributed by atoms with Gasteiger partial charge in [0.2, 0.25) is 0 Å². The van der Waals surface area contributed by atoms with Crippen molar-refractivity contribution in [1.29, 1.82) is 0 Å². The van der Waals surface area contributed by atoms with Crippen LogP contribution in [-0.4, -0.2) is 17.4 Å². The standard InChI is InChI=1S/C2H8NS2.H2/c1-3(2,4)5;/h4-5H,1-2H3;1H/q+1;. The summed E-state index contributed by atoms with van der Waals surface area (Å²) in [5.74, 6) is 0. The smallest absolute Gasteiger partial charge is 0.0892 e. The van der Waals surface area contributed by atoms with Gasteiger partial charge < -0.3 is 0 Å². The molecule has 3 heteroatoms. The van der Waals surface area contributed by atoms with Gasteiger partial charge in [-0.25, -0.2) is 3.29 Å². The van der Waals surface area contributed by atoms with Crippen LogP contribution in [0.25, 0.3) is 0 Å². The van der Waals surface area contributed by atoms with Gasteiger partial charge in [0.25, 0.3) is 0 Å². The van der Waals surface area contributed by atoms with Crippen molar-refractivity contribution in [3.8, 4) is 0 Å². The summed E-state index contributed by atoms with van der Waals surface area (Å²) in [5, 5.41) is 0. The van der Waals surface area contributed by atoms with E-state index >= 15 is 0 Å². The summed E-state index contributed by atoms with van der Waals surface area (Å²) in [7, 11) is 3.71. The van der Waals surface area contributed by atoms with Crippen LogP contribution in [0.3, 0.4) is 0 Å². The van der Waals surface area contributed by atoms with E-state index in [4.69, 9.17) is 0 Å². The van der Waals surface area contributed by atoms with Gasteiger partial charge in [0.1, 0.15) is 0 Å². The zero-order chi connectivity index (χ0) is 4.50. The minimum absolute atomic E-state index is 0. The minimum Gasteiger partial charge on any atom is -0.211 e. The zero-order valence-corrected chi connectivity index (χ0v) is 5.13. The molecule has 0 radical (unpaired) electrons. The second kappa shape index (κ2) is 1.41. The molecule has 0 aliphatic heterocycles. The van der Waals surface area contributed by atoms with Crippen LogP contribution in [0.4, 0.5) is 0 Å². The molecule has 0 fully saturated rings. The maximum absolute atomic E-state index is 3.92. The van der Waals surface area contributed by atoms with Crippen LogP contribution in [0, 0.1) is 0 Å². The van der Waals surface area contributed by atoms with E-state index in [0.717, 1.165) is 0 Å². The molecule has 0 saturated heterocycles. The van der Waals surface area contributed by atoms with E-state index < -0.39 is 0 Å². The van der Waals surface area contributed by atoms with Crippen molar-refractivity contribution < 1.29 is 4.72 Å². The van der Waals surface area contributed by atoms with Crippen LogP contribution in [-0.2, 0) is 0 Å². The van der Waals surface area contributed by atoms with E-state index in [2.05, 4.69) is 25.6 Å². The zero-order valence-electron chi connectivity index (χ0n) is 3.34. The van der Waals surface area contributed by atoms with Crippen molar-refractivity contribution in [2.75, 3.05) is 14.1 Å². The maximum atomic E-state index is 3.92. The molecule has 5 heavy (non-hydrogen) atoms. The number of rotatable bonds is 0. The fourth-order valence-electron chi connectivity index (χ4n) is 0. The molecule has 0 atom stereocenters. The van der Waals surface area contributed by atoms with Gasteiger partial charge in [0.05, 0.1) is 39.7 Å². The molecule has 34 valence electrons. The number of quaternary nitrogens is 1. The maximum Gasteiger partial charge on any atom is 0.0892 e. The quantitative estimate of drug-likeness (QED) is 0.339. The predicted molar refractivity (Wildman–Crippen MR) is 32.2 cm³/mol. The summed E-state index contributed by atoms with van der Waals surface area (Å²) in [5.41, 5.74) is 0. The molecule has 0 aromatic carbocycles. The average Bonchev–Trinajstić information content (AvgIpc) is 0.722. The lowest BCUT2D eigenvalue weighted by atomic mass is 11.3. The summed E-state index contributed by atoms with van der Waals surface area (Å²) < 4.78 is 0.389. The van der Waals surface area contributed by atoms with E-state index in [0.29, 0.717) is 3.29 Å². The highest BCUT2D eigenvalue weighted by atomic mass is 32.2. The fraction of sp³-hybridized carbons (Fsp3) is 1.00. The number of thiol groups is 2. The van der Waals surface area contributed by atoms with Crippen LogP contribution in [0.15, 0.2) is 0 Å². The molecule has 0 bridgehead atoms. The molecular weight excluding hydrogens is 102 g/mol.